The van der Waals surface area contributed by atoms with Crippen molar-refractivity contribution < 1.29 is 4.79 Å². The maximum absolute atomic E-state index is 12.9. The van der Waals surface area contributed by atoms with Gasteiger partial charge >= 0.3 is 0 Å². The molecule has 1 amide bonds. The van der Waals surface area contributed by atoms with E-state index < -0.39 is 5.54 Å². The zero-order valence-electron chi connectivity index (χ0n) is 14.8. The highest BCUT2D eigenvalue weighted by Crippen LogP contribution is 2.52. The molecule has 5 nitrogen and oxygen atoms in total. The van der Waals surface area contributed by atoms with E-state index in [0.717, 1.165) is 28.2 Å². The van der Waals surface area contributed by atoms with E-state index in [-0.39, 0.29) is 17.8 Å². The third-order valence-electron chi connectivity index (χ3n) is 5.37. The highest BCUT2D eigenvalue weighted by molar-refractivity contribution is 7.15. The van der Waals surface area contributed by atoms with Gasteiger partial charge in [0.05, 0.1) is 17.6 Å². The SMILES string of the molecule is CN1C(=O)[C@@H](C2CC2)[C@@](C)(c2ccc(-c3cccc(C#N)c3)s2)N=C1N. The molecule has 0 bridgehead atoms. The summed E-state index contributed by atoms with van der Waals surface area (Å²) in [5, 5.41) is 9.12. The number of thiophene rings is 1. The summed E-state index contributed by atoms with van der Waals surface area (Å²) in [5.74, 6) is 0.538. The molecular weight excluding hydrogens is 344 g/mol. The van der Waals surface area contributed by atoms with E-state index in [0.29, 0.717) is 11.5 Å². The molecule has 1 aliphatic heterocycles. The Morgan fingerprint density at radius 3 is 2.81 bits per heavy atom. The van der Waals surface area contributed by atoms with Crippen molar-refractivity contribution >= 4 is 23.2 Å². The molecule has 0 saturated heterocycles. The lowest BCUT2D eigenvalue weighted by Crippen LogP contribution is -2.54. The van der Waals surface area contributed by atoms with Gasteiger partial charge in [-0.05, 0) is 55.5 Å². The third-order valence-corrected chi connectivity index (χ3v) is 6.73. The van der Waals surface area contributed by atoms with Gasteiger partial charge in [-0.2, -0.15) is 5.26 Å². The summed E-state index contributed by atoms with van der Waals surface area (Å²) in [6.45, 7) is 2.02. The van der Waals surface area contributed by atoms with Gasteiger partial charge in [0, 0.05) is 16.8 Å². The topological polar surface area (TPSA) is 82.5 Å². The fourth-order valence-corrected chi connectivity index (χ4v) is 4.88. The van der Waals surface area contributed by atoms with Crippen LogP contribution < -0.4 is 5.73 Å². The number of carbonyl (C=O) groups is 1. The van der Waals surface area contributed by atoms with Crippen LogP contribution in [-0.2, 0) is 10.3 Å². The number of nitrogens with two attached hydrogens (primary N) is 1. The summed E-state index contributed by atoms with van der Waals surface area (Å²) in [6.07, 6.45) is 2.13. The van der Waals surface area contributed by atoms with E-state index in [1.165, 1.54) is 4.90 Å². The van der Waals surface area contributed by atoms with Crippen molar-refractivity contribution in [2.45, 2.75) is 25.3 Å². The maximum atomic E-state index is 12.9. The van der Waals surface area contributed by atoms with Gasteiger partial charge in [-0.15, -0.1) is 11.3 Å². The van der Waals surface area contributed by atoms with Crippen LogP contribution >= 0.6 is 11.3 Å². The van der Waals surface area contributed by atoms with Crippen molar-refractivity contribution in [1.29, 1.82) is 5.26 Å². The van der Waals surface area contributed by atoms with Gasteiger partial charge < -0.3 is 5.73 Å². The van der Waals surface area contributed by atoms with Crippen LogP contribution in [0.5, 0.6) is 0 Å². The zero-order chi connectivity index (χ0) is 18.5. The molecule has 6 heteroatoms. The van der Waals surface area contributed by atoms with E-state index in [4.69, 9.17) is 16.0 Å². The molecule has 1 saturated carbocycles. The number of carbonyl (C=O) groups excluding carboxylic acids is 1. The van der Waals surface area contributed by atoms with E-state index in [2.05, 4.69) is 6.07 Å². The highest BCUT2D eigenvalue weighted by Gasteiger charge is 2.53. The molecule has 132 valence electrons. The van der Waals surface area contributed by atoms with Crippen LogP contribution in [-0.4, -0.2) is 23.8 Å². The Kier molecular flexibility index (Phi) is 3.85. The van der Waals surface area contributed by atoms with Crippen molar-refractivity contribution in [3.05, 3.63) is 46.8 Å². The first-order valence-corrected chi connectivity index (χ1v) is 9.49. The van der Waals surface area contributed by atoms with Crippen LogP contribution in [0, 0.1) is 23.2 Å². The number of nitrogens with zero attached hydrogens (tertiary/aromatic N) is 3. The number of guanidine groups is 1. The van der Waals surface area contributed by atoms with E-state index in [1.807, 2.05) is 37.3 Å². The van der Waals surface area contributed by atoms with Gasteiger partial charge in [-0.1, -0.05) is 12.1 Å². The van der Waals surface area contributed by atoms with Crippen LogP contribution in [0.15, 0.2) is 41.4 Å². The first-order valence-electron chi connectivity index (χ1n) is 8.68. The Morgan fingerprint density at radius 2 is 2.12 bits per heavy atom. The fourth-order valence-electron chi connectivity index (χ4n) is 3.75. The molecule has 26 heavy (non-hydrogen) atoms. The van der Waals surface area contributed by atoms with Crippen LogP contribution in [0.2, 0.25) is 0 Å². The molecule has 1 aliphatic carbocycles. The molecule has 1 fully saturated rings. The lowest BCUT2D eigenvalue weighted by atomic mass is 9.79. The number of hydrogen-bond acceptors (Lipinski definition) is 5. The van der Waals surface area contributed by atoms with Crippen LogP contribution in [0.25, 0.3) is 10.4 Å². The highest BCUT2D eigenvalue weighted by atomic mass is 32.1. The molecule has 4 rings (SSSR count). The summed E-state index contributed by atoms with van der Waals surface area (Å²) in [4.78, 5) is 21.2. The average Bonchev–Trinajstić information content (AvgIpc) is 3.33. The molecule has 0 spiro atoms. The van der Waals surface area contributed by atoms with Gasteiger partial charge in [0.25, 0.3) is 0 Å². The van der Waals surface area contributed by atoms with Crippen molar-refractivity contribution in [3.8, 4) is 16.5 Å². The van der Waals surface area contributed by atoms with Crippen LogP contribution in [0.1, 0.15) is 30.2 Å². The first kappa shape index (κ1) is 16.8. The molecule has 2 aromatic rings. The Morgan fingerprint density at radius 1 is 1.35 bits per heavy atom. The Bertz CT molecular complexity index is 953. The monoisotopic (exact) mass is 364 g/mol. The number of benzene rings is 1. The molecule has 2 atom stereocenters. The Labute approximate surface area is 156 Å². The Balaban J connectivity index is 1.77. The minimum Gasteiger partial charge on any atom is -0.369 e. The molecular formula is C20H20N4OS. The predicted octanol–water partition coefficient (Wildman–Crippen LogP) is 3.31. The largest absolute Gasteiger partial charge is 0.369 e. The summed E-state index contributed by atoms with van der Waals surface area (Å²) < 4.78 is 0. The van der Waals surface area contributed by atoms with Crippen molar-refractivity contribution in [2.24, 2.45) is 22.6 Å². The zero-order valence-corrected chi connectivity index (χ0v) is 15.6. The number of amides is 1. The van der Waals surface area contributed by atoms with Gasteiger partial charge in [-0.25, -0.2) is 4.99 Å². The molecule has 1 aromatic carbocycles. The fraction of sp³-hybridized carbons (Fsp3) is 0.350. The maximum Gasteiger partial charge on any atom is 0.235 e. The van der Waals surface area contributed by atoms with Gasteiger partial charge in [0.15, 0.2) is 5.96 Å². The van der Waals surface area contributed by atoms with E-state index in [1.54, 1.807) is 24.5 Å². The first-order chi connectivity index (χ1) is 12.4. The second kappa shape index (κ2) is 5.96. The van der Waals surface area contributed by atoms with Crippen molar-refractivity contribution in [1.82, 2.24) is 4.90 Å². The second-order valence-corrected chi connectivity index (χ2v) is 8.27. The smallest absolute Gasteiger partial charge is 0.235 e. The quantitative estimate of drug-likeness (QED) is 0.907. The van der Waals surface area contributed by atoms with Crippen LogP contribution in [0.3, 0.4) is 0 Å². The van der Waals surface area contributed by atoms with Gasteiger partial charge in [-0.3, -0.25) is 9.69 Å². The summed E-state index contributed by atoms with van der Waals surface area (Å²) >= 11 is 1.62. The minimum absolute atomic E-state index is 0.0592. The number of rotatable bonds is 3. The second-order valence-electron chi connectivity index (χ2n) is 7.19. The molecule has 1 aromatic heterocycles. The average molecular weight is 364 g/mol. The summed E-state index contributed by atoms with van der Waals surface area (Å²) in [7, 11) is 1.70. The third kappa shape index (κ3) is 2.60. The normalized spacial score (nSPS) is 25.7. The number of aliphatic imine (C=N–C) groups is 1. The lowest BCUT2D eigenvalue weighted by Gasteiger charge is -2.40. The summed E-state index contributed by atoms with van der Waals surface area (Å²) in [5.41, 5.74) is 7.05. The minimum atomic E-state index is -0.634. The van der Waals surface area contributed by atoms with E-state index >= 15 is 0 Å². The van der Waals surface area contributed by atoms with Crippen molar-refractivity contribution in [2.75, 3.05) is 7.05 Å². The lowest BCUT2D eigenvalue weighted by molar-refractivity contribution is -0.134. The van der Waals surface area contributed by atoms with Gasteiger partial charge in [0.2, 0.25) is 5.91 Å². The molecule has 2 heterocycles. The number of nitriles is 1. The molecule has 2 N–H and O–H groups in total. The molecule has 2 aliphatic rings. The van der Waals surface area contributed by atoms with Crippen LogP contribution in [0.4, 0.5) is 0 Å². The van der Waals surface area contributed by atoms with Crippen molar-refractivity contribution in [3.63, 3.8) is 0 Å². The summed E-state index contributed by atoms with van der Waals surface area (Å²) in [6, 6.07) is 13.8. The standard InChI is InChI=1S/C20H20N4OS/c1-20(17(13-6-7-13)18(25)24(2)19(22)23-20)16-9-8-15(26-16)14-5-3-4-12(10-14)11-21/h3-5,8-10,13,17H,6-7H2,1-2H3,(H2,22,23)/t17-,20-/m1/s1. The molecule has 0 radical (unpaired) electrons. The predicted molar refractivity (Wildman–Crippen MR) is 102 cm³/mol. The number of hydrogen-bond donors (Lipinski definition) is 1. The van der Waals surface area contributed by atoms with Gasteiger partial charge in [0.1, 0.15) is 5.54 Å². The van der Waals surface area contributed by atoms with E-state index in [9.17, 15) is 4.79 Å². The molecule has 0 unspecified atom stereocenters. The Hall–Kier alpha value is -2.65.